The van der Waals surface area contributed by atoms with Crippen molar-refractivity contribution >= 4 is 5.96 Å². The van der Waals surface area contributed by atoms with Crippen LogP contribution in [0.4, 0.5) is 13.2 Å². The van der Waals surface area contributed by atoms with Crippen molar-refractivity contribution in [2.45, 2.75) is 26.1 Å². The predicted molar refractivity (Wildman–Crippen MR) is 94.4 cm³/mol. The second-order valence-electron chi connectivity index (χ2n) is 6.29. The second-order valence-corrected chi connectivity index (χ2v) is 6.29. The van der Waals surface area contributed by atoms with Gasteiger partial charge in [0.2, 0.25) is 0 Å². The first kappa shape index (κ1) is 20.4. The van der Waals surface area contributed by atoms with Gasteiger partial charge >= 0.3 is 6.36 Å². The molecule has 1 N–H and O–H groups in total. The molecule has 1 saturated heterocycles. The highest BCUT2D eigenvalue weighted by Crippen LogP contribution is 2.22. The summed E-state index contributed by atoms with van der Waals surface area (Å²) in [5, 5.41) is 3.27. The van der Waals surface area contributed by atoms with Gasteiger partial charge in [-0.2, -0.15) is 0 Å². The zero-order chi connectivity index (χ0) is 19.0. The molecule has 1 aromatic rings. The Balaban J connectivity index is 1.86. The number of nitrogens with zero attached hydrogens (tertiary/aromatic N) is 2. The normalized spacial score (nSPS) is 18.0. The number of nitrogens with one attached hydrogen (secondary N) is 1. The van der Waals surface area contributed by atoms with E-state index in [-0.39, 0.29) is 5.75 Å². The highest BCUT2D eigenvalue weighted by atomic mass is 19.4. The third-order valence-corrected chi connectivity index (χ3v) is 4.07. The minimum Gasteiger partial charge on any atom is -0.406 e. The Labute approximate surface area is 152 Å². The van der Waals surface area contributed by atoms with Crippen LogP contribution in [0.1, 0.15) is 18.9 Å². The van der Waals surface area contributed by atoms with Gasteiger partial charge in [-0.25, -0.2) is 0 Å². The topological polar surface area (TPSA) is 46.1 Å². The zero-order valence-electron chi connectivity index (χ0n) is 15.2. The van der Waals surface area contributed by atoms with Crippen LogP contribution < -0.4 is 10.1 Å². The molecule has 0 amide bonds. The molecule has 0 aliphatic carbocycles. The van der Waals surface area contributed by atoms with E-state index in [1.165, 1.54) is 12.1 Å². The fourth-order valence-corrected chi connectivity index (χ4v) is 2.82. The predicted octanol–water partition coefficient (Wildman–Crippen LogP) is 3.06. The maximum Gasteiger partial charge on any atom is 0.573 e. The van der Waals surface area contributed by atoms with Gasteiger partial charge in [-0.3, -0.25) is 4.99 Å². The summed E-state index contributed by atoms with van der Waals surface area (Å²) >= 11 is 0. The third kappa shape index (κ3) is 7.11. The van der Waals surface area contributed by atoms with Crippen LogP contribution in [-0.4, -0.2) is 57.1 Å². The van der Waals surface area contributed by atoms with E-state index in [1.807, 2.05) is 14.0 Å². The summed E-state index contributed by atoms with van der Waals surface area (Å²) in [6.45, 7) is 5.83. The van der Waals surface area contributed by atoms with Crippen molar-refractivity contribution in [1.29, 1.82) is 0 Å². The van der Waals surface area contributed by atoms with Crippen molar-refractivity contribution in [2.24, 2.45) is 10.9 Å². The highest BCUT2D eigenvalue weighted by molar-refractivity contribution is 5.79. The standard InChI is InChI=1S/C18H26F3N3O2/c1-3-22-17(24(2)12-15-9-11-25-13-15)23-10-8-14-4-6-16(7-5-14)26-18(19,20)21/h4-7,15H,3,8-13H2,1-2H3,(H,22,23). The third-order valence-electron chi connectivity index (χ3n) is 4.07. The Bertz CT molecular complexity index is 570. The Kier molecular flexibility index (Phi) is 7.56. The Morgan fingerprint density at radius 1 is 1.35 bits per heavy atom. The molecule has 26 heavy (non-hydrogen) atoms. The van der Waals surface area contributed by atoms with Gasteiger partial charge in [0.1, 0.15) is 5.75 Å². The SMILES string of the molecule is CCNC(=NCCc1ccc(OC(F)(F)F)cc1)N(C)CC1CCOC1. The number of benzene rings is 1. The Morgan fingerprint density at radius 3 is 2.65 bits per heavy atom. The number of ether oxygens (including phenoxy) is 2. The van der Waals surface area contributed by atoms with Crippen molar-refractivity contribution in [1.82, 2.24) is 10.2 Å². The summed E-state index contributed by atoms with van der Waals surface area (Å²) in [5.41, 5.74) is 0.908. The van der Waals surface area contributed by atoms with E-state index in [9.17, 15) is 13.2 Å². The van der Waals surface area contributed by atoms with Gasteiger partial charge < -0.3 is 19.7 Å². The van der Waals surface area contributed by atoms with Crippen molar-refractivity contribution in [3.05, 3.63) is 29.8 Å². The molecule has 146 valence electrons. The van der Waals surface area contributed by atoms with E-state index >= 15 is 0 Å². The lowest BCUT2D eigenvalue weighted by molar-refractivity contribution is -0.274. The largest absolute Gasteiger partial charge is 0.573 e. The van der Waals surface area contributed by atoms with Crippen LogP contribution in [0, 0.1) is 5.92 Å². The van der Waals surface area contributed by atoms with E-state index in [0.29, 0.717) is 18.9 Å². The molecule has 1 aromatic carbocycles. The number of aliphatic imine (C=N–C) groups is 1. The van der Waals surface area contributed by atoms with Gasteiger partial charge in [-0.05, 0) is 37.5 Å². The number of alkyl halides is 3. The lowest BCUT2D eigenvalue weighted by atomic mass is 10.1. The number of hydrogen-bond donors (Lipinski definition) is 1. The van der Waals surface area contributed by atoms with Crippen LogP contribution in [0.3, 0.4) is 0 Å². The molecule has 1 aliphatic rings. The molecule has 0 aromatic heterocycles. The summed E-state index contributed by atoms with van der Waals surface area (Å²) in [5.74, 6) is 1.14. The fraction of sp³-hybridized carbons (Fsp3) is 0.611. The molecule has 1 fully saturated rings. The van der Waals surface area contributed by atoms with Gasteiger partial charge in [0.15, 0.2) is 5.96 Å². The molecule has 2 rings (SSSR count). The first-order chi connectivity index (χ1) is 12.4. The number of hydrogen-bond acceptors (Lipinski definition) is 3. The van der Waals surface area contributed by atoms with Crippen LogP contribution in [0.5, 0.6) is 5.75 Å². The van der Waals surface area contributed by atoms with Crippen molar-refractivity contribution in [3.8, 4) is 5.75 Å². The molecule has 1 aliphatic heterocycles. The van der Waals surface area contributed by atoms with Gasteiger partial charge in [-0.1, -0.05) is 12.1 Å². The molecule has 0 saturated carbocycles. The van der Waals surface area contributed by atoms with Crippen LogP contribution in [-0.2, 0) is 11.2 Å². The molecule has 1 unspecified atom stereocenters. The van der Waals surface area contributed by atoms with Crippen molar-refractivity contribution in [3.63, 3.8) is 0 Å². The number of rotatable bonds is 7. The molecular formula is C18H26F3N3O2. The molecule has 0 spiro atoms. The maximum atomic E-state index is 12.2. The molecule has 1 heterocycles. The molecule has 8 heteroatoms. The van der Waals surface area contributed by atoms with Crippen LogP contribution in [0.25, 0.3) is 0 Å². The number of halogens is 3. The zero-order valence-corrected chi connectivity index (χ0v) is 15.2. The number of guanidine groups is 1. The fourth-order valence-electron chi connectivity index (χ4n) is 2.82. The molecule has 1 atom stereocenters. The lowest BCUT2D eigenvalue weighted by Gasteiger charge is -2.24. The summed E-state index contributed by atoms with van der Waals surface area (Å²) in [7, 11) is 2.00. The van der Waals surface area contributed by atoms with Gasteiger partial charge in [0.25, 0.3) is 0 Å². The summed E-state index contributed by atoms with van der Waals surface area (Å²) in [6, 6.07) is 5.90. The molecule has 0 bridgehead atoms. The van der Waals surface area contributed by atoms with E-state index in [4.69, 9.17) is 4.74 Å². The molecule has 0 radical (unpaired) electrons. The van der Waals surface area contributed by atoms with Gasteiger partial charge in [0, 0.05) is 39.2 Å². The minimum absolute atomic E-state index is 0.211. The molecular weight excluding hydrogens is 347 g/mol. The van der Waals surface area contributed by atoms with E-state index in [0.717, 1.165) is 44.2 Å². The average molecular weight is 373 g/mol. The van der Waals surface area contributed by atoms with E-state index < -0.39 is 6.36 Å². The Hall–Kier alpha value is -1.96. The maximum absolute atomic E-state index is 12.2. The summed E-state index contributed by atoms with van der Waals surface area (Å²) < 4.78 is 45.8. The van der Waals surface area contributed by atoms with Crippen molar-refractivity contribution in [2.75, 3.05) is 39.9 Å². The van der Waals surface area contributed by atoms with Gasteiger partial charge in [0.05, 0.1) is 6.61 Å². The first-order valence-electron chi connectivity index (χ1n) is 8.79. The second kappa shape index (κ2) is 9.66. The first-order valence-corrected chi connectivity index (χ1v) is 8.79. The minimum atomic E-state index is -4.67. The van der Waals surface area contributed by atoms with E-state index in [2.05, 4.69) is 19.9 Å². The average Bonchev–Trinajstić information content (AvgIpc) is 3.07. The lowest BCUT2D eigenvalue weighted by Crippen LogP contribution is -2.41. The van der Waals surface area contributed by atoms with Crippen LogP contribution >= 0.6 is 0 Å². The van der Waals surface area contributed by atoms with Crippen LogP contribution in [0.15, 0.2) is 29.3 Å². The quantitative estimate of drug-likeness (QED) is 0.589. The van der Waals surface area contributed by atoms with Crippen LogP contribution in [0.2, 0.25) is 0 Å². The summed E-state index contributed by atoms with van der Waals surface area (Å²) in [4.78, 5) is 6.71. The van der Waals surface area contributed by atoms with Crippen molar-refractivity contribution < 1.29 is 22.6 Å². The van der Waals surface area contributed by atoms with Gasteiger partial charge in [-0.15, -0.1) is 13.2 Å². The monoisotopic (exact) mass is 373 g/mol. The smallest absolute Gasteiger partial charge is 0.406 e. The summed E-state index contributed by atoms with van der Waals surface area (Å²) in [6.07, 6.45) is -2.96. The molecule has 5 nitrogen and oxygen atoms in total. The van der Waals surface area contributed by atoms with E-state index in [1.54, 1.807) is 12.1 Å². The highest BCUT2D eigenvalue weighted by Gasteiger charge is 2.30. The Morgan fingerprint density at radius 2 is 2.08 bits per heavy atom.